The van der Waals surface area contributed by atoms with Crippen molar-refractivity contribution in [2.24, 2.45) is 0 Å². The number of ketones is 1. The Morgan fingerprint density at radius 3 is 2.78 bits per heavy atom. The van der Waals surface area contributed by atoms with Gasteiger partial charge in [-0.3, -0.25) is 0 Å². The zero-order chi connectivity index (χ0) is 13.1. The van der Waals surface area contributed by atoms with Gasteiger partial charge in [0, 0.05) is 18.4 Å². The monoisotopic (exact) mass is 250 g/mol. The molecule has 0 fully saturated rings. The number of hydrogen-bond donors (Lipinski definition) is 1. The molecular formula is C13H12F2N2O. The number of nitrogens with zero attached hydrogens (tertiary/aromatic N) is 1. The van der Waals surface area contributed by atoms with Gasteiger partial charge in [-0.15, -0.1) is 0 Å². The van der Waals surface area contributed by atoms with Gasteiger partial charge < -0.3 is 9.78 Å². The van der Waals surface area contributed by atoms with Crippen LogP contribution in [0.2, 0.25) is 0 Å². The van der Waals surface area contributed by atoms with Crippen molar-refractivity contribution in [3.63, 3.8) is 0 Å². The van der Waals surface area contributed by atoms with Crippen molar-refractivity contribution in [1.82, 2.24) is 9.97 Å². The van der Waals surface area contributed by atoms with Crippen LogP contribution in [0.5, 0.6) is 0 Å². The molecule has 0 amide bonds. The van der Waals surface area contributed by atoms with Crippen molar-refractivity contribution in [2.75, 3.05) is 0 Å². The summed E-state index contributed by atoms with van der Waals surface area (Å²) in [6.45, 7) is 1.51. The molecule has 2 aromatic rings. The Balaban J connectivity index is 2.18. The van der Waals surface area contributed by atoms with Crippen molar-refractivity contribution in [1.29, 1.82) is 0 Å². The van der Waals surface area contributed by atoms with E-state index in [1.807, 2.05) is 0 Å². The SMILES string of the molecule is CC(=O)CCc1ncc(-c2ccc(F)c(F)c2)[nH]1. The summed E-state index contributed by atoms with van der Waals surface area (Å²) in [5.41, 5.74) is 1.13. The number of aromatic amines is 1. The third-order valence-electron chi connectivity index (χ3n) is 2.57. The second-order valence-corrected chi connectivity index (χ2v) is 4.07. The molecule has 0 radical (unpaired) electrons. The molecule has 0 atom stereocenters. The van der Waals surface area contributed by atoms with Crippen molar-refractivity contribution in [3.05, 3.63) is 41.9 Å². The van der Waals surface area contributed by atoms with Gasteiger partial charge in [-0.2, -0.15) is 0 Å². The number of carbonyl (C=O) groups is 1. The lowest BCUT2D eigenvalue weighted by Crippen LogP contribution is -1.95. The number of aryl methyl sites for hydroxylation is 1. The van der Waals surface area contributed by atoms with Gasteiger partial charge in [-0.25, -0.2) is 13.8 Å². The molecule has 1 N–H and O–H groups in total. The molecule has 1 aromatic heterocycles. The third kappa shape index (κ3) is 2.80. The molecule has 18 heavy (non-hydrogen) atoms. The van der Waals surface area contributed by atoms with Gasteiger partial charge in [0.05, 0.1) is 11.9 Å². The number of rotatable bonds is 4. The lowest BCUT2D eigenvalue weighted by atomic mass is 10.1. The summed E-state index contributed by atoms with van der Waals surface area (Å²) in [5.74, 6) is -1.03. The summed E-state index contributed by atoms with van der Waals surface area (Å²) in [7, 11) is 0. The van der Waals surface area contributed by atoms with E-state index in [0.29, 0.717) is 29.9 Å². The predicted octanol–water partition coefficient (Wildman–Crippen LogP) is 2.88. The van der Waals surface area contributed by atoms with Gasteiger partial charge in [-0.1, -0.05) is 0 Å². The first-order valence-electron chi connectivity index (χ1n) is 5.55. The van der Waals surface area contributed by atoms with E-state index >= 15 is 0 Å². The first-order valence-corrected chi connectivity index (χ1v) is 5.55. The van der Waals surface area contributed by atoms with Gasteiger partial charge in [0.15, 0.2) is 11.6 Å². The van der Waals surface area contributed by atoms with Crippen LogP contribution in [0.15, 0.2) is 24.4 Å². The van der Waals surface area contributed by atoms with Crippen molar-refractivity contribution >= 4 is 5.78 Å². The molecule has 0 spiro atoms. The number of halogens is 2. The topological polar surface area (TPSA) is 45.8 Å². The van der Waals surface area contributed by atoms with E-state index in [9.17, 15) is 13.6 Å². The molecule has 0 unspecified atom stereocenters. The molecule has 2 rings (SSSR count). The van der Waals surface area contributed by atoms with Crippen LogP contribution in [0.1, 0.15) is 19.2 Å². The molecule has 0 saturated heterocycles. The minimum atomic E-state index is -0.896. The van der Waals surface area contributed by atoms with Crippen LogP contribution in [0.25, 0.3) is 11.3 Å². The average molecular weight is 250 g/mol. The van der Waals surface area contributed by atoms with E-state index < -0.39 is 11.6 Å². The van der Waals surface area contributed by atoms with E-state index in [-0.39, 0.29) is 5.78 Å². The quantitative estimate of drug-likeness (QED) is 0.906. The maximum absolute atomic E-state index is 13.1. The summed E-state index contributed by atoms with van der Waals surface area (Å²) in [6.07, 6.45) is 2.46. The number of aromatic nitrogens is 2. The summed E-state index contributed by atoms with van der Waals surface area (Å²) in [6, 6.07) is 3.65. The Labute approximate surface area is 103 Å². The standard InChI is InChI=1S/C13H12F2N2O/c1-8(18)2-5-13-16-7-12(17-13)9-3-4-10(14)11(15)6-9/h3-4,6-7H,2,5H2,1H3,(H,16,17). The molecule has 1 aromatic carbocycles. The van der Waals surface area contributed by atoms with Gasteiger partial charge in [0.2, 0.25) is 0 Å². The Morgan fingerprint density at radius 2 is 2.11 bits per heavy atom. The van der Waals surface area contributed by atoms with Crippen LogP contribution >= 0.6 is 0 Å². The Hall–Kier alpha value is -2.04. The average Bonchev–Trinajstić information content (AvgIpc) is 2.79. The van der Waals surface area contributed by atoms with Crippen LogP contribution in [0, 0.1) is 11.6 Å². The van der Waals surface area contributed by atoms with E-state index in [1.165, 1.54) is 13.0 Å². The predicted molar refractivity (Wildman–Crippen MR) is 62.9 cm³/mol. The molecule has 94 valence electrons. The number of benzene rings is 1. The third-order valence-corrected chi connectivity index (χ3v) is 2.57. The molecule has 0 aliphatic rings. The summed E-state index contributed by atoms with van der Waals surface area (Å²) >= 11 is 0. The number of hydrogen-bond acceptors (Lipinski definition) is 2. The zero-order valence-electron chi connectivity index (χ0n) is 9.84. The van der Waals surface area contributed by atoms with Crippen molar-refractivity contribution in [3.8, 4) is 11.3 Å². The highest BCUT2D eigenvalue weighted by Crippen LogP contribution is 2.19. The highest BCUT2D eigenvalue weighted by Gasteiger charge is 2.07. The Bertz CT molecular complexity index is 578. The highest BCUT2D eigenvalue weighted by atomic mass is 19.2. The first kappa shape index (κ1) is 12.4. The maximum Gasteiger partial charge on any atom is 0.159 e. The van der Waals surface area contributed by atoms with Crippen LogP contribution in [0.4, 0.5) is 8.78 Å². The van der Waals surface area contributed by atoms with E-state index in [2.05, 4.69) is 9.97 Å². The number of carbonyl (C=O) groups excluding carboxylic acids is 1. The van der Waals surface area contributed by atoms with Crippen LogP contribution < -0.4 is 0 Å². The number of nitrogens with one attached hydrogen (secondary N) is 1. The lowest BCUT2D eigenvalue weighted by Gasteiger charge is -1.98. The molecule has 3 nitrogen and oxygen atoms in total. The fraction of sp³-hybridized carbons (Fsp3) is 0.231. The molecule has 0 aliphatic carbocycles. The van der Waals surface area contributed by atoms with Gasteiger partial charge in [-0.05, 0) is 25.1 Å². The van der Waals surface area contributed by atoms with Crippen LogP contribution in [0.3, 0.4) is 0 Å². The Morgan fingerprint density at radius 1 is 1.33 bits per heavy atom. The first-order chi connectivity index (χ1) is 8.56. The largest absolute Gasteiger partial charge is 0.342 e. The molecule has 0 bridgehead atoms. The van der Waals surface area contributed by atoms with Gasteiger partial charge in [0.1, 0.15) is 11.6 Å². The van der Waals surface area contributed by atoms with Crippen molar-refractivity contribution < 1.29 is 13.6 Å². The van der Waals surface area contributed by atoms with Crippen molar-refractivity contribution in [2.45, 2.75) is 19.8 Å². The van der Waals surface area contributed by atoms with Gasteiger partial charge in [0.25, 0.3) is 0 Å². The lowest BCUT2D eigenvalue weighted by molar-refractivity contribution is -0.117. The normalized spacial score (nSPS) is 10.6. The second-order valence-electron chi connectivity index (χ2n) is 4.07. The maximum atomic E-state index is 13.1. The molecular weight excluding hydrogens is 238 g/mol. The summed E-state index contributed by atoms with van der Waals surface area (Å²) in [4.78, 5) is 17.9. The zero-order valence-corrected chi connectivity index (χ0v) is 9.84. The smallest absolute Gasteiger partial charge is 0.159 e. The van der Waals surface area contributed by atoms with Crippen LogP contribution in [-0.4, -0.2) is 15.8 Å². The molecule has 0 saturated carbocycles. The summed E-state index contributed by atoms with van der Waals surface area (Å²) in [5, 5.41) is 0. The number of imidazole rings is 1. The van der Waals surface area contributed by atoms with Crippen LogP contribution in [-0.2, 0) is 11.2 Å². The number of Topliss-reactive ketones (excluding diaryl/α,β-unsaturated/α-hetero) is 1. The number of H-pyrrole nitrogens is 1. The summed E-state index contributed by atoms with van der Waals surface area (Å²) < 4.78 is 25.9. The fourth-order valence-corrected chi connectivity index (χ4v) is 1.59. The molecule has 1 heterocycles. The van der Waals surface area contributed by atoms with E-state index in [1.54, 1.807) is 6.20 Å². The van der Waals surface area contributed by atoms with Gasteiger partial charge >= 0.3 is 0 Å². The minimum Gasteiger partial charge on any atom is -0.342 e. The van der Waals surface area contributed by atoms with E-state index in [0.717, 1.165) is 12.1 Å². The highest BCUT2D eigenvalue weighted by molar-refractivity contribution is 5.75. The molecule has 5 heteroatoms. The molecule has 0 aliphatic heterocycles. The fourth-order valence-electron chi connectivity index (χ4n) is 1.59. The Kier molecular flexibility index (Phi) is 3.50. The minimum absolute atomic E-state index is 0.0841. The van der Waals surface area contributed by atoms with E-state index in [4.69, 9.17) is 0 Å². The second kappa shape index (κ2) is 5.08.